The van der Waals surface area contributed by atoms with Gasteiger partial charge in [-0.25, -0.2) is 0 Å². The zero-order valence-electron chi connectivity index (χ0n) is 10.7. The maximum atomic E-state index is 9.44. The standard InChI is InChI=1S/C13H26O2/c1-5-15-13(10-14)8-6-11(7-9-13)12(2,3)4/h11,14H,5-10H2,1-4H3. The fourth-order valence-electron chi connectivity index (χ4n) is 2.66. The molecule has 0 aromatic rings. The van der Waals surface area contributed by atoms with E-state index in [2.05, 4.69) is 20.8 Å². The minimum atomic E-state index is -0.226. The number of ether oxygens (including phenoxy) is 1. The Morgan fingerprint density at radius 1 is 1.27 bits per heavy atom. The topological polar surface area (TPSA) is 29.5 Å². The van der Waals surface area contributed by atoms with Crippen LogP contribution in [-0.2, 0) is 4.74 Å². The summed E-state index contributed by atoms with van der Waals surface area (Å²) in [4.78, 5) is 0. The predicted octanol–water partition coefficient (Wildman–Crippen LogP) is 2.99. The molecule has 1 aliphatic carbocycles. The third-order valence-electron chi connectivity index (χ3n) is 3.86. The van der Waals surface area contributed by atoms with Crippen LogP contribution in [0.25, 0.3) is 0 Å². The molecule has 90 valence electrons. The van der Waals surface area contributed by atoms with Gasteiger partial charge in [0, 0.05) is 6.61 Å². The van der Waals surface area contributed by atoms with Gasteiger partial charge in [-0.2, -0.15) is 0 Å². The number of rotatable bonds is 3. The highest BCUT2D eigenvalue weighted by Crippen LogP contribution is 2.42. The number of aliphatic hydroxyl groups excluding tert-OH is 1. The van der Waals surface area contributed by atoms with Crippen LogP contribution in [0.15, 0.2) is 0 Å². The monoisotopic (exact) mass is 214 g/mol. The molecule has 0 aromatic heterocycles. The molecule has 0 unspecified atom stereocenters. The van der Waals surface area contributed by atoms with Gasteiger partial charge in [-0.05, 0) is 43.9 Å². The number of hydrogen-bond donors (Lipinski definition) is 1. The summed E-state index contributed by atoms with van der Waals surface area (Å²) in [5.41, 5.74) is 0.171. The summed E-state index contributed by atoms with van der Waals surface area (Å²) in [6.07, 6.45) is 4.40. The van der Waals surface area contributed by atoms with Gasteiger partial charge in [0.1, 0.15) is 0 Å². The first kappa shape index (κ1) is 13.0. The van der Waals surface area contributed by atoms with Gasteiger partial charge in [0.2, 0.25) is 0 Å². The lowest BCUT2D eigenvalue weighted by Gasteiger charge is -2.42. The first-order chi connectivity index (χ1) is 6.93. The van der Waals surface area contributed by atoms with Crippen molar-refractivity contribution in [2.45, 2.75) is 59.0 Å². The Balaban J connectivity index is 2.53. The lowest BCUT2D eigenvalue weighted by atomic mass is 9.68. The van der Waals surface area contributed by atoms with Crippen LogP contribution in [-0.4, -0.2) is 23.9 Å². The fourth-order valence-corrected chi connectivity index (χ4v) is 2.66. The quantitative estimate of drug-likeness (QED) is 0.782. The van der Waals surface area contributed by atoms with E-state index < -0.39 is 0 Å². The van der Waals surface area contributed by atoms with E-state index in [1.807, 2.05) is 6.92 Å². The molecular formula is C13H26O2. The van der Waals surface area contributed by atoms with Gasteiger partial charge >= 0.3 is 0 Å². The minimum Gasteiger partial charge on any atom is -0.393 e. The van der Waals surface area contributed by atoms with Crippen LogP contribution in [0.2, 0.25) is 0 Å². The Labute approximate surface area is 94.0 Å². The molecule has 1 N–H and O–H groups in total. The van der Waals surface area contributed by atoms with Gasteiger partial charge in [0.05, 0.1) is 12.2 Å². The van der Waals surface area contributed by atoms with Crippen molar-refractivity contribution in [2.75, 3.05) is 13.2 Å². The highest BCUT2D eigenvalue weighted by Gasteiger charge is 2.38. The maximum absolute atomic E-state index is 9.44. The fraction of sp³-hybridized carbons (Fsp3) is 1.00. The maximum Gasteiger partial charge on any atom is 0.0912 e. The van der Waals surface area contributed by atoms with Gasteiger partial charge < -0.3 is 9.84 Å². The van der Waals surface area contributed by atoms with Gasteiger partial charge in [0.25, 0.3) is 0 Å². The molecule has 0 aromatic carbocycles. The molecule has 0 aliphatic heterocycles. The Morgan fingerprint density at radius 2 is 1.80 bits per heavy atom. The Hall–Kier alpha value is -0.0800. The van der Waals surface area contributed by atoms with E-state index >= 15 is 0 Å². The Bertz CT molecular complexity index is 185. The molecule has 0 bridgehead atoms. The van der Waals surface area contributed by atoms with Crippen LogP contribution in [0.3, 0.4) is 0 Å². The molecule has 2 nitrogen and oxygen atoms in total. The lowest BCUT2D eigenvalue weighted by Crippen LogP contribution is -2.42. The van der Waals surface area contributed by atoms with Crippen molar-refractivity contribution in [3.63, 3.8) is 0 Å². The largest absolute Gasteiger partial charge is 0.393 e. The van der Waals surface area contributed by atoms with Crippen molar-refractivity contribution in [1.82, 2.24) is 0 Å². The van der Waals surface area contributed by atoms with Crippen molar-refractivity contribution < 1.29 is 9.84 Å². The average molecular weight is 214 g/mol. The molecular weight excluding hydrogens is 188 g/mol. The van der Waals surface area contributed by atoms with Crippen LogP contribution in [0.1, 0.15) is 53.4 Å². The van der Waals surface area contributed by atoms with E-state index in [1.54, 1.807) is 0 Å². The van der Waals surface area contributed by atoms with Crippen LogP contribution in [0, 0.1) is 11.3 Å². The third kappa shape index (κ3) is 3.18. The number of aliphatic hydroxyl groups is 1. The Kier molecular flexibility index (Phi) is 4.19. The van der Waals surface area contributed by atoms with Gasteiger partial charge in [-0.3, -0.25) is 0 Å². The van der Waals surface area contributed by atoms with Gasteiger partial charge in [-0.1, -0.05) is 20.8 Å². The van der Waals surface area contributed by atoms with Crippen molar-refractivity contribution in [2.24, 2.45) is 11.3 Å². The third-order valence-corrected chi connectivity index (χ3v) is 3.86. The molecule has 0 atom stereocenters. The lowest BCUT2D eigenvalue weighted by molar-refractivity contribution is -0.110. The van der Waals surface area contributed by atoms with Crippen molar-refractivity contribution in [1.29, 1.82) is 0 Å². The molecule has 0 amide bonds. The molecule has 1 fully saturated rings. The van der Waals surface area contributed by atoms with Crippen LogP contribution in [0.4, 0.5) is 0 Å². The molecule has 0 spiro atoms. The van der Waals surface area contributed by atoms with Crippen LogP contribution >= 0.6 is 0 Å². The molecule has 2 heteroatoms. The highest BCUT2D eigenvalue weighted by molar-refractivity contribution is 4.90. The SMILES string of the molecule is CCOC1(CO)CCC(C(C)(C)C)CC1. The van der Waals surface area contributed by atoms with E-state index in [0.29, 0.717) is 12.0 Å². The van der Waals surface area contributed by atoms with E-state index in [9.17, 15) is 5.11 Å². The van der Waals surface area contributed by atoms with E-state index in [0.717, 1.165) is 18.8 Å². The second kappa shape index (κ2) is 4.84. The molecule has 0 radical (unpaired) electrons. The summed E-state index contributed by atoms with van der Waals surface area (Å²) in [5, 5.41) is 9.44. The Morgan fingerprint density at radius 3 is 2.13 bits per heavy atom. The second-order valence-corrected chi connectivity index (χ2v) is 5.91. The van der Waals surface area contributed by atoms with Crippen LogP contribution < -0.4 is 0 Å². The van der Waals surface area contributed by atoms with E-state index in [4.69, 9.17) is 4.74 Å². The minimum absolute atomic E-state index is 0.178. The van der Waals surface area contributed by atoms with Crippen molar-refractivity contribution in [3.05, 3.63) is 0 Å². The molecule has 1 saturated carbocycles. The summed E-state index contributed by atoms with van der Waals surface area (Å²) < 4.78 is 5.73. The number of hydrogen-bond acceptors (Lipinski definition) is 2. The summed E-state index contributed by atoms with van der Waals surface area (Å²) in [6.45, 7) is 9.82. The van der Waals surface area contributed by atoms with Gasteiger partial charge in [0.15, 0.2) is 0 Å². The summed E-state index contributed by atoms with van der Waals surface area (Å²) in [7, 11) is 0. The summed E-state index contributed by atoms with van der Waals surface area (Å²) in [5.74, 6) is 0.776. The summed E-state index contributed by atoms with van der Waals surface area (Å²) in [6, 6.07) is 0. The van der Waals surface area contributed by atoms with E-state index in [1.165, 1.54) is 12.8 Å². The second-order valence-electron chi connectivity index (χ2n) is 5.91. The molecule has 0 saturated heterocycles. The van der Waals surface area contributed by atoms with Crippen molar-refractivity contribution >= 4 is 0 Å². The molecule has 15 heavy (non-hydrogen) atoms. The molecule has 1 rings (SSSR count). The normalized spacial score (nSPS) is 33.0. The van der Waals surface area contributed by atoms with E-state index in [-0.39, 0.29) is 12.2 Å². The summed E-state index contributed by atoms with van der Waals surface area (Å²) >= 11 is 0. The first-order valence-corrected chi connectivity index (χ1v) is 6.18. The van der Waals surface area contributed by atoms with Crippen molar-refractivity contribution in [3.8, 4) is 0 Å². The smallest absolute Gasteiger partial charge is 0.0912 e. The zero-order chi connectivity index (χ0) is 11.5. The molecule has 0 heterocycles. The first-order valence-electron chi connectivity index (χ1n) is 6.18. The van der Waals surface area contributed by atoms with Gasteiger partial charge in [-0.15, -0.1) is 0 Å². The molecule has 1 aliphatic rings. The predicted molar refractivity (Wildman–Crippen MR) is 62.9 cm³/mol. The average Bonchev–Trinajstić information content (AvgIpc) is 2.17. The van der Waals surface area contributed by atoms with Crippen LogP contribution in [0.5, 0.6) is 0 Å². The zero-order valence-corrected chi connectivity index (χ0v) is 10.7. The highest BCUT2D eigenvalue weighted by atomic mass is 16.5.